The minimum absolute atomic E-state index is 0.155. The van der Waals surface area contributed by atoms with E-state index < -0.39 is 0 Å². The Morgan fingerprint density at radius 3 is 2.43 bits per heavy atom. The maximum Gasteiger partial charge on any atom is 0.258 e. The van der Waals surface area contributed by atoms with Gasteiger partial charge in [-0.25, -0.2) is 4.98 Å². The minimum Gasteiger partial charge on any atom is -0.493 e. The molecule has 1 fully saturated rings. The molecule has 1 saturated heterocycles. The lowest BCUT2D eigenvalue weighted by atomic mass is 10.1. The molecule has 0 bridgehead atoms. The number of pyridine rings is 1. The third-order valence-electron chi connectivity index (χ3n) is 4.94. The standard InChI is InChI=1S/C20H22N4O4/c1-27-17-5-3-14(11-18(17)28-2)16-12-20(25)24-13-15(4-6-19(24)21-16)22-7-9-23(26)10-8-22/h3-6,11-13,26H,7-10H2,1-2H3. The predicted octanol–water partition coefficient (Wildman–Crippen LogP) is 1.89. The summed E-state index contributed by atoms with van der Waals surface area (Å²) in [7, 11) is 3.15. The van der Waals surface area contributed by atoms with E-state index in [1.54, 1.807) is 36.9 Å². The molecule has 146 valence electrons. The Hall–Kier alpha value is -3.10. The van der Waals surface area contributed by atoms with Gasteiger partial charge in [0.15, 0.2) is 11.5 Å². The second kappa shape index (κ2) is 7.49. The number of aromatic nitrogens is 2. The Kier molecular flexibility index (Phi) is 4.89. The summed E-state index contributed by atoms with van der Waals surface area (Å²) in [6.07, 6.45) is 1.80. The molecular weight excluding hydrogens is 360 g/mol. The number of anilines is 1. The zero-order chi connectivity index (χ0) is 19.7. The van der Waals surface area contributed by atoms with Gasteiger partial charge in [0.2, 0.25) is 0 Å². The molecule has 8 heteroatoms. The van der Waals surface area contributed by atoms with Gasteiger partial charge in [-0.3, -0.25) is 9.20 Å². The number of methoxy groups -OCH3 is 2. The van der Waals surface area contributed by atoms with Crippen LogP contribution in [0.4, 0.5) is 5.69 Å². The van der Waals surface area contributed by atoms with Crippen molar-refractivity contribution < 1.29 is 14.7 Å². The molecule has 1 aliphatic rings. The maximum absolute atomic E-state index is 12.7. The maximum atomic E-state index is 12.7. The lowest BCUT2D eigenvalue weighted by molar-refractivity contribution is -0.0935. The van der Waals surface area contributed by atoms with E-state index in [1.165, 1.54) is 11.1 Å². The molecule has 0 saturated carbocycles. The van der Waals surface area contributed by atoms with E-state index >= 15 is 0 Å². The molecule has 28 heavy (non-hydrogen) atoms. The number of hydrogen-bond donors (Lipinski definition) is 1. The summed E-state index contributed by atoms with van der Waals surface area (Å²) in [5, 5.41) is 10.8. The van der Waals surface area contributed by atoms with Gasteiger partial charge >= 0.3 is 0 Å². The molecule has 1 N–H and O–H groups in total. The van der Waals surface area contributed by atoms with Gasteiger partial charge in [0.1, 0.15) is 5.65 Å². The number of piperazine rings is 1. The molecule has 3 aromatic rings. The highest BCUT2D eigenvalue weighted by Crippen LogP contribution is 2.31. The van der Waals surface area contributed by atoms with Crippen molar-refractivity contribution in [2.75, 3.05) is 45.3 Å². The smallest absolute Gasteiger partial charge is 0.258 e. The third-order valence-corrected chi connectivity index (χ3v) is 4.94. The monoisotopic (exact) mass is 382 g/mol. The van der Waals surface area contributed by atoms with E-state index in [9.17, 15) is 10.0 Å². The zero-order valence-corrected chi connectivity index (χ0v) is 15.8. The summed E-state index contributed by atoms with van der Waals surface area (Å²) in [6, 6.07) is 10.8. The average Bonchev–Trinajstić information content (AvgIpc) is 2.73. The van der Waals surface area contributed by atoms with Crippen molar-refractivity contribution in [3.63, 3.8) is 0 Å². The van der Waals surface area contributed by atoms with Crippen molar-refractivity contribution in [3.8, 4) is 22.8 Å². The fraction of sp³-hybridized carbons (Fsp3) is 0.300. The van der Waals surface area contributed by atoms with Gasteiger partial charge in [-0.1, -0.05) is 0 Å². The molecular formula is C20H22N4O4. The number of rotatable bonds is 4. The summed E-state index contributed by atoms with van der Waals surface area (Å²) in [5.41, 5.74) is 2.70. The molecule has 2 aromatic heterocycles. The quantitative estimate of drug-likeness (QED) is 0.738. The van der Waals surface area contributed by atoms with E-state index in [0.29, 0.717) is 49.0 Å². The van der Waals surface area contributed by atoms with Gasteiger partial charge in [-0.2, -0.15) is 5.06 Å². The van der Waals surface area contributed by atoms with Gasteiger partial charge in [0.05, 0.1) is 25.6 Å². The Labute approximate surface area is 162 Å². The lowest BCUT2D eigenvalue weighted by Gasteiger charge is -2.32. The fourth-order valence-electron chi connectivity index (χ4n) is 3.38. The molecule has 0 aliphatic carbocycles. The van der Waals surface area contributed by atoms with Crippen molar-refractivity contribution in [2.24, 2.45) is 0 Å². The Morgan fingerprint density at radius 1 is 0.964 bits per heavy atom. The molecule has 0 spiro atoms. The fourth-order valence-corrected chi connectivity index (χ4v) is 3.38. The Bertz CT molecular complexity index is 1060. The van der Waals surface area contributed by atoms with Crippen LogP contribution in [0.2, 0.25) is 0 Å². The minimum atomic E-state index is -0.155. The van der Waals surface area contributed by atoms with Crippen molar-refractivity contribution in [2.45, 2.75) is 0 Å². The first-order valence-electron chi connectivity index (χ1n) is 9.03. The number of hydroxylamine groups is 2. The van der Waals surface area contributed by atoms with Crippen LogP contribution in [0.5, 0.6) is 11.5 Å². The lowest BCUT2D eigenvalue weighted by Crippen LogP contribution is -2.44. The van der Waals surface area contributed by atoms with Gasteiger partial charge in [0, 0.05) is 44.0 Å². The van der Waals surface area contributed by atoms with Crippen LogP contribution >= 0.6 is 0 Å². The molecule has 1 aromatic carbocycles. The van der Waals surface area contributed by atoms with E-state index in [0.717, 1.165) is 11.3 Å². The van der Waals surface area contributed by atoms with Crippen molar-refractivity contribution in [1.82, 2.24) is 14.4 Å². The number of hydrogen-bond acceptors (Lipinski definition) is 7. The van der Waals surface area contributed by atoms with Crippen LogP contribution in [0, 0.1) is 0 Å². The second-order valence-corrected chi connectivity index (χ2v) is 6.61. The number of fused-ring (bicyclic) bond motifs is 1. The highest BCUT2D eigenvalue weighted by Gasteiger charge is 2.16. The van der Waals surface area contributed by atoms with Gasteiger partial charge < -0.3 is 19.6 Å². The van der Waals surface area contributed by atoms with Gasteiger partial charge in [-0.05, 0) is 30.3 Å². The molecule has 3 heterocycles. The molecule has 0 unspecified atom stereocenters. The number of nitrogens with zero attached hydrogens (tertiary/aromatic N) is 4. The van der Waals surface area contributed by atoms with Crippen molar-refractivity contribution in [1.29, 1.82) is 0 Å². The van der Waals surface area contributed by atoms with E-state index in [4.69, 9.17) is 9.47 Å². The molecule has 1 aliphatic heterocycles. The normalized spacial score (nSPS) is 15.0. The molecule has 8 nitrogen and oxygen atoms in total. The van der Waals surface area contributed by atoms with E-state index in [2.05, 4.69) is 9.88 Å². The predicted molar refractivity (Wildman–Crippen MR) is 106 cm³/mol. The van der Waals surface area contributed by atoms with Crippen LogP contribution in [0.15, 0.2) is 47.4 Å². The van der Waals surface area contributed by atoms with Crippen molar-refractivity contribution in [3.05, 3.63) is 52.9 Å². The van der Waals surface area contributed by atoms with Crippen molar-refractivity contribution >= 4 is 11.3 Å². The molecule has 0 atom stereocenters. The van der Waals surface area contributed by atoms with Crippen LogP contribution in [0.3, 0.4) is 0 Å². The Morgan fingerprint density at radius 2 is 1.71 bits per heavy atom. The first kappa shape index (κ1) is 18.3. The SMILES string of the molecule is COc1ccc(-c2cc(=O)n3cc(N4CCN(O)CC4)ccc3n2)cc1OC. The van der Waals surface area contributed by atoms with Gasteiger partial charge in [-0.15, -0.1) is 0 Å². The van der Waals surface area contributed by atoms with Crippen LogP contribution < -0.4 is 19.9 Å². The average molecular weight is 382 g/mol. The van der Waals surface area contributed by atoms with Crippen LogP contribution in [0.25, 0.3) is 16.9 Å². The number of benzene rings is 1. The largest absolute Gasteiger partial charge is 0.493 e. The molecule has 0 radical (unpaired) electrons. The van der Waals surface area contributed by atoms with Crippen LogP contribution in [0.1, 0.15) is 0 Å². The summed E-state index contributed by atoms with van der Waals surface area (Å²) in [5.74, 6) is 1.21. The summed E-state index contributed by atoms with van der Waals surface area (Å²) >= 11 is 0. The van der Waals surface area contributed by atoms with E-state index in [1.807, 2.05) is 18.2 Å². The zero-order valence-electron chi connectivity index (χ0n) is 15.8. The summed E-state index contributed by atoms with van der Waals surface area (Å²) in [4.78, 5) is 19.5. The second-order valence-electron chi connectivity index (χ2n) is 6.61. The van der Waals surface area contributed by atoms with Crippen LogP contribution in [-0.4, -0.2) is 60.1 Å². The Balaban J connectivity index is 1.71. The number of ether oxygens (including phenoxy) is 2. The highest BCUT2D eigenvalue weighted by atomic mass is 16.5. The first-order chi connectivity index (χ1) is 13.6. The van der Waals surface area contributed by atoms with Gasteiger partial charge in [0.25, 0.3) is 5.56 Å². The summed E-state index contributed by atoms with van der Waals surface area (Å²) in [6.45, 7) is 2.55. The summed E-state index contributed by atoms with van der Waals surface area (Å²) < 4.78 is 12.2. The molecule has 4 rings (SSSR count). The highest BCUT2D eigenvalue weighted by molar-refractivity contribution is 5.66. The van der Waals surface area contributed by atoms with Crippen LogP contribution in [-0.2, 0) is 0 Å². The topological polar surface area (TPSA) is 79.5 Å². The first-order valence-corrected chi connectivity index (χ1v) is 9.03. The molecule has 0 amide bonds. The van der Waals surface area contributed by atoms with E-state index in [-0.39, 0.29) is 5.56 Å². The third kappa shape index (κ3) is 3.39.